The first-order valence-corrected chi connectivity index (χ1v) is 12.5. The number of nitrogens with one attached hydrogen (secondary N) is 1. The Labute approximate surface area is 215 Å². The molecule has 1 unspecified atom stereocenters. The van der Waals surface area contributed by atoms with Crippen molar-refractivity contribution in [2.45, 2.75) is 30.9 Å². The van der Waals surface area contributed by atoms with Crippen LogP contribution in [0, 0.1) is 0 Å². The first kappa shape index (κ1) is 25.3. The number of carbonyl (C=O) groups is 2. The summed E-state index contributed by atoms with van der Waals surface area (Å²) >= 11 is 18.6. The molecule has 182 valence electrons. The summed E-state index contributed by atoms with van der Waals surface area (Å²) in [6.45, 7) is 3.10. The zero-order chi connectivity index (χ0) is 24.3. The highest BCUT2D eigenvalue weighted by Gasteiger charge is 2.52. The van der Waals surface area contributed by atoms with Crippen LogP contribution in [0.4, 0.5) is 0 Å². The van der Waals surface area contributed by atoms with Crippen molar-refractivity contribution in [1.29, 1.82) is 0 Å². The van der Waals surface area contributed by atoms with E-state index in [9.17, 15) is 9.59 Å². The van der Waals surface area contributed by atoms with Gasteiger partial charge >= 0.3 is 0 Å². The number of halogens is 3. The Morgan fingerprint density at radius 3 is 2.29 bits per heavy atom. The van der Waals surface area contributed by atoms with Crippen molar-refractivity contribution in [3.05, 3.63) is 68.7 Å². The Bertz CT molecular complexity index is 1030. The minimum absolute atomic E-state index is 0.0501. The molecule has 2 aliphatic rings. The van der Waals surface area contributed by atoms with Crippen LogP contribution in [0.2, 0.25) is 15.1 Å². The minimum Gasteiger partial charge on any atom is -0.374 e. The average Bonchev–Trinajstić information content (AvgIpc) is 3.61. The molecule has 0 spiro atoms. The predicted molar refractivity (Wildman–Crippen MR) is 134 cm³/mol. The van der Waals surface area contributed by atoms with Gasteiger partial charge in [0.25, 0.3) is 0 Å². The zero-order valence-corrected chi connectivity index (χ0v) is 21.3. The van der Waals surface area contributed by atoms with Crippen molar-refractivity contribution in [2.24, 2.45) is 0 Å². The molecule has 0 radical (unpaired) electrons. The third kappa shape index (κ3) is 5.86. The molecular formula is C25H28Cl3N3O3. The highest BCUT2D eigenvalue weighted by molar-refractivity contribution is 6.34. The van der Waals surface area contributed by atoms with Gasteiger partial charge in [0.05, 0.1) is 18.6 Å². The van der Waals surface area contributed by atoms with Gasteiger partial charge in [-0.15, -0.1) is 0 Å². The van der Waals surface area contributed by atoms with E-state index in [0.29, 0.717) is 41.0 Å². The number of carbonyl (C=O) groups excluding carboxylic acids is 2. The van der Waals surface area contributed by atoms with E-state index in [4.69, 9.17) is 39.5 Å². The van der Waals surface area contributed by atoms with E-state index < -0.39 is 11.5 Å². The van der Waals surface area contributed by atoms with Gasteiger partial charge in [0.1, 0.15) is 6.04 Å². The molecule has 1 aliphatic heterocycles. The summed E-state index contributed by atoms with van der Waals surface area (Å²) in [5.74, 6) is -0.347. The molecule has 1 heterocycles. The van der Waals surface area contributed by atoms with E-state index >= 15 is 0 Å². The summed E-state index contributed by atoms with van der Waals surface area (Å²) in [6.07, 6.45) is 1.34. The lowest BCUT2D eigenvalue weighted by Gasteiger charge is -2.35. The van der Waals surface area contributed by atoms with Gasteiger partial charge in [0, 0.05) is 41.2 Å². The minimum atomic E-state index is -0.800. The number of likely N-dealkylation sites (N-methyl/N-ethyl adjacent to an activating group) is 1. The van der Waals surface area contributed by atoms with Crippen molar-refractivity contribution >= 4 is 46.6 Å². The maximum atomic E-state index is 13.4. The normalized spacial score (nSPS) is 18.4. The topological polar surface area (TPSA) is 61.9 Å². The van der Waals surface area contributed by atoms with Crippen LogP contribution in [0.3, 0.4) is 0 Å². The summed E-state index contributed by atoms with van der Waals surface area (Å²) in [7, 11) is 2.03. The standard InChI is InChI=1S/C25H28Cl3N3O3/c1-30-8-10-31(11-9-30)23(32)22(16-34-15-17-4-2-3-5-21(17)28)29-24(33)25(6-7-25)18-12-19(26)14-20(27)13-18/h2-5,12-14,22H,6-11,15-16H2,1H3,(H,29,33). The van der Waals surface area contributed by atoms with E-state index in [1.165, 1.54) is 0 Å². The third-order valence-electron chi connectivity index (χ3n) is 6.52. The quantitative estimate of drug-likeness (QED) is 0.563. The lowest BCUT2D eigenvalue weighted by atomic mass is 9.94. The Hall–Kier alpha value is -1.83. The van der Waals surface area contributed by atoms with Crippen molar-refractivity contribution in [3.8, 4) is 0 Å². The van der Waals surface area contributed by atoms with Crippen LogP contribution in [-0.2, 0) is 26.3 Å². The van der Waals surface area contributed by atoms with E-state index in [-0.39, 0.29) is 25.0 Å². The van der Waals surface area contributed by atoms with Gasteiger partial charge in [0.15, 0.2) is 0 Å². The van der Waals surface area contributed by atoms with Crippen molar-refractivity contribution in [3.63, 3.8) is 0 Å². The van der Waals surface area contributed by atoms with E-state index in [1.54, 1.807) is 29.2 Å². The Kier molecular flexibility index (Phi) is 8.05. The molecule has 2 aromatic rings. The fraction of sp³-hybridized carbons (Fsp3) is 0.440. The number of hydrogen-bond acceptors (Lipinski definition) is 4. The summed E-state index contributed by atoms with van der Waals surface area (Å²) in [5.41, 5.74) is 0.872. The number of hydrogen-bond donors (Lipinski definition) is 1. The zero-order valence-electron chi connectivity index (χ0n) is 19.0. The van der Waals surface area contributed by atoms with E-state index in [0.717, 1.165) is 24.2 Å². The van der Waals surface area contributed by atoms with Gasteiger partial charge in [-0.05, 0) is 55.3 Å². The molecule has 4 rings (SSSR count). The van der Waals surface area contributed by atoms with Crippen molar-refractivity contribution in [1.82, 2.24) is 15.1 Å². The fourth-order valence-electron chi connectivity index (χ4n) is 4.22. The highest BCUT2D eigenvalue weighted by atomic mass is 35.5. The second-order valence-corrected chi connectivity index (χ2v) is 10.3. The number of benzene rings is 2. The molecule has 6 nitrogen and oxygen atoms in total. The summed E-state index contributed by atoms with van der Waals surface area (Å²) in [4.78, 5) is 30.8. The largest absolute Gasteiger partial charge is 0.374 e. The van der Waals surface area contributed by atoms with E-state index in [2.05, 4.69) is 10.2 Å². The van der Waals surface area contributed by atoms with Crippen LogP contribution in [0.25, 0.3) is 0 Å². The molecule has 2 fully saturated rings. The van der Waals surface area contributed by atoms with E-state index in [1.807, 2.05) is 25.2 Å². The second kappa shape index (κ2) is 10.8. The number of amides is 2. The smallest absolute Gasteiger partial charge is 0.247 e. The molecule has 34 heavy (non-hydrogen) atoms. The van der Waals surface area contributed by atoms with Crippen LogP contribution in [0.15, 0.2) is 42.5 Å². The summed E-state index contributed by atoms with van der Waals surface area (Å²) < 4.78 is 5.87. The predicted octanol–water partition coefficient (Wildman–Crippen LogP) is 4.15. The van der Waals surface area contributed by atoms with Crippen LogP contribution in [0.5, 0.6) is 0 Å². The van der Waals surface area contributed by atoms with Crippen molar-refractivity contribution < 1.29 is 14.3 Å². The van der Waals surface area contributed by atoms with Gasteiger partial charge in [-0.3, -0.25) is 9.59 Å². The van der Waals surface area contributed by atoms with Crippen LogP contribution in [0.1, 0.15) is 24.0 Å². The fourth-order valence-corrected chi connectivity index (χ4v) is 4.94. The molecule has 0 bridgehead atoms. The molecular weight excluding hydrogens is 497 g/mol. The molecule has 2 aromatic carbocycles. The van der Waals surface area contributed by atoms with Gasteiger partial charge in [-0.2, -0.15) is 0 Å². The van der Waals surface area contributed by atoms with Gasteiger partial charge < -0.3 is 19.9 Å². The van der Waals surface area contributed by atoms with Crippen LogP contribution < -0.4 is 5.32 Å². The number of piperazine rings is 1. The molecule has 1 saturated heterocycles. The van der Waals surface area contributed by atoms with Gasteiger partial charge in [0.2, 0.25) is 11.8 Å². The third-order valence-corrected chi connectivity index (χ3v) is 7.32. The highest BCUT2D eigenvalue weighted by Crippen LogP contribution is 2.49. The lowest BCUT2D eigenvalue weighted by Crippen LogP contribution is -2.56. The SMILES string of the molecule is CN1CCN(C(=O)C(COCc2ccccc2Cl)NC(=O)C2(c3cc(Cl)cc(Cl)c3)CC2)CC1. The monoisotopic (exact) mass is 523 g/mol. The lowest BCUT2D eigenvalue weighted by molar-refractivity contribution is -0.140. The molecule has 1 N–H and O–H groups in total. The van der Waals surface area contributed by atoms with Gasteiger partial charge in [-0.25, -0.2) is 0 Å². The number of rotatable bonds is 8. The molecule has 2 amide bonds. The summed E-state index contributed by atoms with van der Waals surface area (Å²) in [6, 6.07) is 11.8. The van der Waals surface area contributed by atoms with Gasteiger partial charge in [-0.1, -0.05) is 53.0 Å². The average molecular weight is 525 g/mol. The molecule has 1 atom stereocenters. The maximum absolute atomic E-state index is 13.4. The second-order valence-electron chi connectivity index (χ2n) is 9.00. The van der Waals surface area contributed by atoms with Crippen molar-refractivity contribution in [2.75, 3.05) is 39.8 Å². The molecule has 0 aromatic heterocycles. The Morgan fingerprint density at radius 2 is 1.68 bits per heavy atom. The van der Waals surface area contributed by atoms with Crippen LogP contribution in [-0.4, -0.2) is 67.5 Å². The van der Waals surface area contributed by atoms with Crippen LogP contribution >= 0.6 is 34.8 Å². The first-order valence-electron chi connectivity index (χ1n) is 11.3. The summed E-state index contributed by atoms with van der Waals surface area (Å²) in [5, 5.41) is 4.54. The maximum Gasteiger partial charge on any atom is 0.247 e. The first-order chi connectivity index (χ1) is 16.3. The molecule has 9 heteroatoms. The molecule has 1 saturated carbocycles. The Morgan fingerprint density at radius 1 is 1.03 bits per heavy atom. The Balaban J connectivity index is 1.48. The molecule has 1 aliphatic carbocycles. The number of nitrogens with zero attached hydrogens (tertiary/aromatic N) is 2. The number of ether oxygens (including phenoxy) is 1.